The second-order valence-electron chi connectivity index (χ2n) is 7.17. The molecular weight excluding hydrogens is 366 g/mol. The molecule has 2 aromatic carbocycles. The minimum Gasteiger partial charge on any atom is -0.493 e. The van der Waals surface area contributed by atoms with Crippen LogP contribution in [0.3, 0.4) is 0 Å². The van der Waals surface area contributed by atoms with Gasteiger partial charge < -0.3 is 18.8 Å². The Morgan fingerprint density at radius 1 is 0.897 bits per heavy atom. The number of aromatic nitrogens is 1. The van der Waals surface area contributed by atoms with Gasteiger partial charge in [0, 0.05) is 18.7 Å². The van der Waals surface area contributed by atoms with Crippen LogP contribution in [-0.4, -0.2) is 31.7 Å². The van der Waals surface area contributed by atoms with Gasteiger partial charge in [0.05, 0.1) is 27.0 Å². The molecule has 1 heterocycles. The number of nitrogens with zero attached hydrogens (tertiary/aromatic N) is 1. The number of aryl methyl sites for hydroxylation is 1. The molecule has 0 atom stereocenters. The van der Waals surface area contributed by atoms with E-state index in [2.05, 4.69) is 22.8 Å². The van der Waals surface area contributed by atoms with E-state index in [0.29, 0.717) is 30.2 Å². The van der Waals surface area contributed by atoms with Crippen molar-refractivity contribution in [3.63, 3.8) is 0 Å². The fraction of sp³-hybridized carbons (Fsp3) is 0.292. The lowest BCUT2D eigenvalue weighted by Gasteiger charge is -2.18. The summed E-state index contributed by atoms with van der Waals surface area (Å²) < 4.78 is 18.6. The van der Waals surface area contributed by atoms with E-state index in [-0.39, 0.29) is 5.78 Å². The normalized spacial score (nSPS) is 13.1. The van der Waals surface area contributed by atoms with Gasteiger partial charge in [0.1, 0.15) is 0 Å². The third kappa shape index (κ3) is 3.48. The zero-order valence-electron chi connectivity index (χ0n) is 17.0. The first-order valence-electron chi connectivity index (χ1n) is 9.76. The Bertz CT molecular complexity index is 1010. The molecule has 150 valence electrons. The summed E-state index contributed by atoms with van der Waals surface area (Å²) in [6.45, 7) is 0.544. The van der Waals surface area contributed by atoms with E-state index >= 15 is 0 Å². The number of methoxy groups -OCH3 is 3. The fourth-order valence-electron chi connectivity index (χ4n) is 4.10. The molecule has 0 saturated carbocycles. The summed E-state index contributed by atoms with van der Waals surface area (Å²) in [5, 5.41) is 0. The molecule has 1 aromatic heterocycles. The third-order valence-electron chi connectivity index (χ3n) is 5.42. The van der Waals surface area contributed by atoms with Crippen LogP contribution in [0.15, 0.2) is 48.5 Å². The number of hydrogen-bond acceptors (Lipinski definition) is 4. The number of carbonyl (C=O) groups is 1. The number of carbonyl (C=O) groups excluding carboxylic acids is 1. The Balaban J connectivity index is 1.85. The van der Waals surface area contributed by atoms with Gasteiger partial charge in [-0.15, -0.1) is 0 Å². The van der Waals surface area contributed by atoms with Crippen LogP contribution in [0.5, 0.6) is 17.2 Å². The van der Waals surface area contributed by atoms with Crippen LogP contribution < -0.4 is 14.2 Å². The Labute approximate surface area is 170 Å². The first-order valence-corrected chi connectivity index (χ1v) is 9.76. The van der Waals surface area contributed by atoms with Gasteiger partial charge in [-0.1, -0.05) is 30.3 Å². The molecule has 0 amide bonds. The zero-order valence-corrected chi connectivity index (χ0v) is 17.0. The summed E-state index contributed by atoms with van der Waals surface area (Å²) in [5.74, 6) is 1.99. The monoisotopic (exact) mass is 391 g/mol. The molecule has 0 unspecified atom stereocenters. The van der Waals surface area contributed by atoms with Crippen molar-refractivity contribution in [3.05, 3.63) is 65.4 Å². The minimum absolute atomic E-state index is 0.209. The lowest BCUT2D eigenvalue weighted by atomic mass is 9.96. The maximum Gasteiger partial charge on any atom is 0.203 e. The highest BCUT2D eigenvalue weighted by atomic mass is 16.5. The molecule has 5 heteroatoms. The molecule has 5 nitrogen and oxygen atoms in total. The van der Waals surface area contributed by atoms with E-state index in [9.17, 15) is 4.79 Å². The van der Waals surface area contributed by atoms with Crippen LogP contribution in [0.4, 0.5) is 0 Å². The molecule has 29 heavy (non-hydrogen) atoms. The Kier molecular flexibility index (Phi) is 5.30. The molecular formula is C24H25NO4. The van der Waals surface area contributed by atoms with Gasteiger partial charge in [-0.25, -0.2) is 0 Å². The van der Waals surface area contributed by atoms with E-state index in [0.717, 1.165) is 40.9 Å². The molecule has 0 saturated heterocycles. The van der Waals surface area contributed by atoms with Crippen molar-refractivity contribution in [1.82, 2.24) is 4.57 Å². The molecule has 0 fully saturated rings. The smallest absolute Gasteiger partial charge is 0.203 e. The van der Waals surface area contributed by atoms with Gasteiger partial charge in [-0.05, 0) is 47.7 Å². The van der Waals surface area contributed by atoms with E-state index in [1.54, 1.807) is 21.3 Å². The van der Waals surface area contributed by atoms with Crippen LogP contribution in [0.1, 0.15) is 34.5 Å². The summed E-state index contributed by atoms with van der Waals surface area (Å²) in [4.78, 5) is 12.8. The Morgan fingerprint density at radius 3 is 2.21 bits per heavy atom. The second-order valence-corrected chi connectivity index (χ2v) is 7.17. The number of benzene rings is 2. The van der Waals surface area contributed by atoms with Crippen LogP contribution >= 0.6 is 0 Å². The molecule has 3 aromatic rings. The average molecular weight is 391 g/mol. The van der Waals surface area contributed by atoms with Gasteiger partial charge in [0.2, 0.25) is 5.75 Å². The lowest BCUT2D eigenvalue weighted by Crippen LogP contribution is -2.16. The van der Waals surface area contributed by atoms with Crippen molar-refractivity contribution in [2.75, 3.05) is 21.3 Å². The number of rotatable bonds is 6. The maximum atomic E-state index is 12.8. The van der Waals surface area contributed by atoms with Crippen LogP contribution in [-0.2, 0) is 13.0 Å². The predicted octanol–water partition coefficient (Wildman–Crippen LogP) is 4.75. The molecule has 0 bridgehead atoms. The highest BCUT2D eigenvalue weighted by Gasteiger charge is 2.25. The van der Waals surface area contributed by atoms with Crippen LogP contribution in [0.2, 0.25) is 0 Å². The lowest BCUT2D eigenvalue weighted by molar-refractivity contribution is 0.0963. The van der Waals surface area contributed by atoms with Crippen molar-refractivity contribution < 1.29 is 19.0 Å². The molecule has 1 aliphatic carbocycles. The standard InChI is InChI=1S/C24H25NO4/c1-27-21-12-16(13-22(28-2)24(21)29-3)15-25-19(17-8-5-4-6-9-17)14-18-10-7-11-20(26)23(18)25/h4-6,8-9,12-14H,7,10-11,15H2,1-3H3. The van der Waals surface area contributed by atoms with Crippen LogP contribution in [0.25, 0.3) is 11.3 Å². The highest BCUT2D eigenvalue weighted by Crippen LogP contribution is 2.39. The van der Waals surface area contributed by atoms with E-state index in [1.165, 1.54) is 0 Å². The molecule has 4 rings (SSSR count). The molecule has 0 radical (unpaired) electrons. The van der Waals surface area contributed by atoms with Gasteiger partial charge >= 0.3 is 0 Å². The number of Topliss-reactive ketones (excluding diaryl/α,β-unsaturated/α-hetero) is 1. The van der Waals surface area contributed by atoms with Gasteiger partial charge in [0.15, 0.2) is 17.3 Å². The molecule has 0 aliphatic heterocycles. The highest BCUT2D eigenvalue weighted by molar-refractivity contribution is 5.98. The Hall–Kier alpha value is -3.21. The largest absolute Gasteiger partial charge is 0.493 e. The van der Waals surface area contributed by atoms with Crippen molar-refractivity contribution in [1.29, 1.82) is 0 Å². The number of ketones is 1. The van der Waals surface area contributed by atoms with Crippen molar-refractivity contribution in [2.45, 2.75) is 25.8 Å². The third-order valence-corrected chi connectivity index (χ3v) is 5.42. The van der Waals surface area contributed by atoms with Gasteiger partial charge in [0.25, 0.3) is 0 Å². The number of fused-ring (bicyclic) bond motifs is 1. The van der Waals surface area contributed by atoms with Crippen LogP contribution in [0, 0.1) is 0 Å². The first-order chi connectivity index (χ1) is 14.2. The second kappa shape index (κ2) is 8.03. The summed E-state index contributed by atoms with van der Waals surface area (Å²) >= 11 is 0. The summed E-state index contributed by atoms with van der Waals surface area (Å²) in [7, 11) is 4.81. The zero-order chi connectivity index (χ0) is 20.4. The predicted molar refractivity (Wildman–Crippen MR) is 112 cm³/mol. The SMILES string of the molecule is COc1cc(Cn2c(-c3ccccc3)cc3c2C(=O)CCC3)cc(OC)c1OC. The summed E-state index contributed by atoms with van der Waals surface area (Å²) in [5.41, 5.74) is 5.09. The average Bonchev–Trinajstić information content (AvgIpc) is 3.13. The molecule has 0 N–H and O–H groups in total. The summed E-state index contributed by atoms with van der Waals surface area (Å²) in [6, 6.07) is 16.3. The molecule has 0 spiro atoms. The molecule has 1 aliphatic rings. The first kappa shape index (κ1) is 19.1. The Morgan fingerprint density at radius 2 is 1.59 bits per heavy atom. The van der Waals surface area contributed by atoms with Crippen molar-refractivity contribution in [2.24, 2.45) is 0 Å². The van der Waals surface area contributed by atoms with E-state index in [4.69, 9.17) is 14.2 Å². The number of hydrogen-bond donors (Lipinski definition) is 0. The van der Waals surface area contributed by atoms with Gasteiger partial charge in [-0.2, -0.15) is 0 Å². The number of ether oxygens (including phenoxy) is 3. The summed E-state index contributed by atoms with van der Waals surface area (Å²) in [6.07, 6.45) is 2.44. The van der Waals surface area contributed by atoms with Crippen molar-refractivity contribution >= 4 is 5.78 Å². The van der Waals surface area contributed by atoms with Crippen molar-refractivity contribution in [3.8, 4) is 28.5 Å². The topological polar surface area (TPSA) is 49.7 Å². The minimum atomic E-state index is 0.209. The van der Waals surface area contributed by atoms with E-state index < -0.39 is 0 Å². The van der Waals surface area contributed by atoms with Gasteiger partial charge in [-0.3, -0.25) is 4.79 Å². The maximum absolute atomic E-state index is 12.8. The quantitative estimate of drug-likeness (QED) is 0.609. The fourth-order valence-corrected chi connectivity index (χ4v) is 4.10. The van der Waals surface area contributed by atoms with E-state index in [1.807, 2.05) is 30.3 Å².